The van der Waals surface area contributed by atoms with Crippen molar-refractivity contribution < 1.29 is 33.8 Å². The van der Waals surface area contributed by atoms with Crippen LogP contribution in [0.3, 0.4) is 0 Å². The van der Waals surface area contributed by atoms with Crippen LogP contribution in [0.15, 0.2) is 18.2 Å². The number of hydrogen-bond donors (Lipinski definition) is 3. The quantitative estimate of drug-likeness (QED) is 0.207. The fraction of sp³-hybridized carbons (Fsp3) is 0.706. The van der Waals surface area contributed by atoms with E-state index in [9.17, 15) is 24.3 Å². The average molecular weight is 702 g/mol. The predicted molar refractivity (Wildman–Crippen MR) is 184 cm³/mol. The van der Waals surface area contributed by atoms with E-state index in [0.29, 0.717) is 28.6 Å². The number of likely N-dealkylation sites (tertiary alicyclic amines) is 1. The molecule has 0 aliphatic carbocycles. The van der Waals surface area contributed by atoms with Crippen LogP contribution in [0.25, 0.3) is 0 Å². The maximum absolute atomic E-state index is 13.9. The molecule has 1 saturated heterocycles. The summed E-state index contributed by atoms with van der Waals surface area (Å²) in [6.07, 6.45) is 0.894. The fourth-order valence-corrected chi connectivity index (χ4v) is 7.16. The van der Waals surface area contributed by atoms with E-state index in [4.69, 9.17) is 32.7 Å². The number of amides is 3. The van der Waals surface area contributed by atoms with Gasteiger partial charge in [-0.3, -0.25) is 14.4 Å². The van der Waals surface area contributed by atoms with Crippen molar-refractivity contribution in [3.63, 3.8) is 0 Å². The first-order valence-corrected chi connectivity index (χ1v) is 17.1. The van der Waals surface area contributed by atoms with Gasteiger partial charge < -0.3 is 35.0 Å². The third-order valence-corrected chi connectivity index (χ3v) is 10.1. The predicted octanol–water partition coefficient (Wildman–Crippen LogP) is 4.27. The summed E-state index contributed by atoms with van der Waals surface area (Å²) < 4.78 is 11.7. The van der Waals surface area contributed by atoms with Gasteiger partial charge in [0.1, 0.15) is 6.04 Å². The topological polar surface area (TPSA) is 138 Å². The molecule has 8 atom stereocenters. The third kappa shape index (κ3) is 10.5. The molecule has 3 amide bonds. The molecule has 13 heteroatoms. The van der Waals surface area contributed by atoms with Crippen molar-refractivity contribution in [3.05, 3.63) is 33.8 Å². The molecule has 4 unspecified atom stereocenters. The summed E-state index contributed by atoms with van der Waals surface area (Å²) in [7, 11) is 6.59. The summed E-state index contributed by atoms with van der Waals surface area (Å²) in [6.45, 7) is 10.2. The van der Waals surface area contributed by atoms with Gasteiger partial charge in [-0.2, -0.15) is 0 Å². The molecule has 0 radical (unpaired) electrons. The summed E-state index contributed by atoms with van der Waals surface area (Å²) in [6, 6.07) is 2.40. The number of carboxylic acids is 1. The summed E-state index contributed by atoms with van der Waals surface area (Å²) in [5.41, 5.74) is 0.536. The molecule has 1 fully saturated rings. The van der Waals surface area contributed by atoms with Crippen LogP contribution in [0.5, 0.6) is 0 Å². The smallest absolute Gasteiger partial charge is 0.326 e. The van der Waals surface area contributed by atoms with Crippen LogP contribution in [-0.4, -0.2) is 110 Å². The second-order valence-corrected chi connectivity index (χ2v) is 13.8. The van der Waals surface area contributed by atoms with Gasteiger partial charge in [0.15, 0.2) is 0 Å². The van der Waals surface area contributed by atoms with Crippen molar-refractivity contribution in [1.29, 1.82) is 0 Å². The van der Waals surface area contributed by atoms with E-state index >= 15 is 0 Å². The number of nitrogens with one attached hydrogen (secondary N) is 2. The van der Waals surface area contributed by atoms with E-state index in [-0.39, 0.29) is 48.6 Å². The number of carbonyl (C=O) groups excluding carboxylic acids is 3. The second-order valence-electron chi connectivity index (χ2n) is 12.9. The van der Waals surface area contributed by atoms with E-state index in [0.717, 1.165) is 12.8 Å². The zero-order valence-corrected chi connectivity index (χ0v) is 30.7. The standard InChI is InChI=1S/C34H54Cl2N4O7/c1-10-20(4)30(39(7)33(43)29(37-6)19(2)3)27(46-8)18-28(41)40-15-11-12-26(40)31(47-9)21(5)32(42)38-25(34(44)45)16-22-13-14-23(35)17-24(22)36/h13-14,17,19-21,25-27,29-31,37H,10-12,15-16,18H2,1-9H3,(H,38,42)(H,44,45)/t20-,21+,25?,26?,27+,29-,30?,31?/m0/s1. The zero-order chi connectivity index (χ0) is 35.6. The summed E-state index contributed by atoms with van der Waals surface area (Å²) >= 11 is 12.2. The second kappa shape index (κ2) is 18.9. The average Bonchev–Trinajstić information content (AvgIpc) is 3.51. The van der Waals surface area contributed by atoms with Crippen LogP contribution in [-0.2, 0) is 35.1 Å². The van der Waals surface area contributed by atoms with Gasteiger partial charge in [0.2, 0.25) is 17.7 Å². The maximum Gasteiger partial charge on any atom is 0.326 e. The molecule has 1 aromatic carbocycles. The van der Waals surface area contributed by atoms with Crippen LogP contribution in [0, 0.1) is 17.8 Å². The van der Waals surface area contributed by atoms with Crippen LogP contribution >= 0.6 is 23.2 Å². The highest BCUT2D eigenvalue weighted by atomic mass is 35.5. The van der Waals surface area contributed by atoms with Crippen LogP contribution in [0.4, 0.5) is 0 Å². The molecule has 2 rings (SSSR count). The molecule has 0 saturated carbocycles. The number of halogens is 2. The number of likely N-dealkylation sites (N-methyl/N-ethyl adjacent to an activating group) is 2. The summed E-state index contributed by atoms with van der Waals surface area (Å²) in [5.74, 6) is -2.57. The van der Waals surface area contributed by atoms with Crippen molar-refractivity contribution in [3.8, 4) is 0 Å². The normalized spacial score (nSPS) is 19.4. The lowest BCUT2D eigenvalue weighted by Crippen LogP contribution is -2.56. The number of carbonyl (C=O) groups is 4. The molecule has 47 heavy (non-hydrogen) atoms. The Labute approximate surface area is 290 Å². The van der Waals surface area contributed by atoms with Crippen molar-refractivity contribution in [2.24, 2.45) is 17.8 Å². The van der Waals surface area contributed by atoms with Gasteiger partial charge in [0.25, 0.3) is 0 Å². The lowest BCUT2D eigenvalue weighted by Gasteiger charge is -2.40. The Morgan fingerprint density at radius 2 is 1.77 bits per heavy atom. The molecule has 0 bridgehead atoms. The highest BCUT2D eigenvalue weighted by Gasteiger charge is 2.43. The molecule has 3 N–H and O–H groups in total. The molecular weight excluding hydrogens is 647 g/mol. The Kier molecular flexibility index (Phi) is 16.4. The van der Waals surface area contributed by atoms with E-state index in [1.165, 1.54) is 13.2 Å². The molecule has 0 aromatic heterocycles. The number of benzene rings is 1. The van der Waals surface area contributed by atoms with Crippen molar-refractivity contribution in [2.45, 2.75) is 103 Å². The first kappa shape index (κ1) is 40.7. The van der Waals surface area contributed by atoms with Crippen LogP contribution in [0.1, 0.15) is 65.9 Å². The monoisotopic (exact) mass is 700 g/mol. The molecule has 1 aromatic rings. The maximum atomic E-state index is 13.9. The number of aliphatic carboxylic acids is 1. The van der Waals surface area contributed by atoms with E-state index in [2.05, 4.69) is 17.6 Å². The Morgan fingerprint density at radius 1 is 1.11 bits per heavy atom. The zero-order valence-electron chi connectivity index (χ0n) is 29.2. The van der Waals surface area contributed by atoms with Crippen molar-refractivity contribution in [1.82, 2.24) is 20.4 Å². The Hall–Kier alpha value is -2.44. The fourth-order valence-electron chi connectivity index (χ4n) is 6.68. The van der Waals surface area contributed by atoms with E-state index in [1.807, 2.05) is 20.8 Å². The summed E-state index contributed by atoms with van der Waals surface area (Å²) in [4.78, 5) is 56.5. The minimum atomic E-state index is -1.24. The molecule has 1 aliphatic heterocycles. The van der Waals surface area contributed by atoms with Crippen molar-refractivity contribution in [2.75, 3.05) is 34.9 Å². The van der Waals surface area contributed by atoms with E-state index in [1.54, 1.807) is 50.1 Å². The molecule has 0 spiro atoms. The number of ether oxygens (including phenoxy) is 2. The first-order valence-electron chi connectivity index (χ1n) is 16.4. The highest BCUT2D eigenvalue weighted by Crippen LogP contribution is 2.30. The Balaban J connectivity index is 2.23. The molecule has 1 heterocycles. The first-order chi connectivity index (χ1) is 22.1. The molecule has 11 nitrogen and oxygen atoms in total. The number of methoxy groups -OCH3 is 2. The molecule has 1 aliphatic rings. The number of hydrogen-bond acceptors (Lipinski definition) is 7. The van der Waals surface area contributed by atoms with Crippen LogP contribution in [0.2, 0.25) is 10.0 Å². The molecular formula is C34H54Cl2N4O7. The van der Waals surface area contributed by atoms with Gasteiger partial charge in [-0.25, -0.2) is 4.79 Å². The van der Waals surface area contributed by atoms with Crippen molar-refractivity contribution >= 4 is 46.9 Å². The summed E-state index contributed by atoms with van der Waals surface area (Å²) in [5, 5.41) is 16.4. The minimum Gasteiger partial charge on any atom is -0.480 e. The number of carboxylic acid groups (broad SMARTS) is 1. The lowest BCUT2D eigenvalue weighted by molar-refractivity contribution is -0.147. The Bertz CT molecular complexity index is 1220. The number of rotatable bonds is 18. The van der Waals surface area contributed by atoms with Gasteiger partial charge in [0, 0.05) is 44.3 Å². The third-order valence-electron chi connectivity index (χ3n) is 9.56. The van der Waals surface area contributed by atoms with Gasteiger partial charge in [-0.1, -0.05) is 70.3 Å². The Morgan fingerprint density at radius 3 is 2.28 bits per heavy atom. The van der Waals surface area contributed by atoms with Gasteiger partial charge >= 0.3 is 5.97 Å². The van der Waals surface area contributed by atoms with Gasteiger partial charge in [0.05, 0.1) is 42.7 Å². The van der Waals surface area contributed by atoms with E-state index < -0.39 is 42.1 Å². The number of nitrogens with zero attached hydrogens (tertiary/aromatic N) is 2. The lowest BCUT2D eigenvalue weighted by atomic mass is 9.89. The van der Waals surface area contributed by atoms with Gasteiger partial charge in [-0.15, -0.1) is 0 Å². The minimum absolute atomic E-state index is 0.0333. The van der Waals surface area contributed by atoms with Crippen LogP contribution < -0.4 is 10.6 Å². The largest absolute Gasteiger partial charge is 0.480 e. The molecule has 266 valence electrons. The van der Waals surface area contributed by atoms with Gasteiger partial charge in [-0.05, 0) is 49.4 Å². The SMILES string of the molecule is CC[C@H](C)C([C@@H](CC(=O)N1CCCC1C(OC)[C@@H](C)C(=O)NC(Cc1ccc(Cl)cc1Cl)C(=O)O)OC)N(C)C(=O)[C@@H](NC)C(C)C. The highest BCUT2D eigenvalue weighted by molar-refractivity contribution is 6.35.